The SMILES string of the molecule is CC(C)(C)OC(=O)NCC1c2nnc(Br)n2CCN1C(=O)OCc1ccccc1. The van der Waals surface area contributed by atoms with Crippen LogP contribution in [0.15, 0.2) is 35.1 Å². The Hall–Kier alpha value is -2.62. The van der Waals surface area contributed by atoms with Gasteiger partial charge in [0.1, 0.15) is 18.2 Å². The molecule has 10 heteroatoms. The van der Waals surface area contributed by atoms with E-state index in [0.29, 0.717) is 23.6 Å². The number of hydrogen-bond acceptors (Lipinski definition) is 6. The third kappa shape index (κ3) is 5.47. The minimum absolute atomic E-state index is 0.125. The Morgan fingerprint density at radius 2 is 1.93 bits per heavy atom. The Balaban J connectivity index is 1.70. The van der Waals surface area contributed by atoms with Gasteiger partial charge in [-0.05, 0) is 42.3 Å². The second-order valence-corrected chi connectivity index (χ2v) is 8.32. The van der Waals surface area contributed by atoms with Crippen molar-refractivity contribution in [1.29, 1.82) is 0 Å². The van der Waals surface area contributed by atoms with E-state index in [1.807, 2.05) is 34.9 Å². The zero-order chi connectivity index (χ0) is 21.0. The van der Waals surface area contributed by atoms with Crippen LogP contribution in [0, 0.1) is 0 Å². The van der Waals surface area contributed by atoms with Crippen LogP contribution < -0.4 is 5.32 Å². The van der Waals surface area contributed by atoms with Crippen LogP contribution in [0.4, 0.5) is 9.59 Å². The molecule has 9 nitrogen and oxygen atoms in total. The average molecular weight is 466 g/mol. The van der Waals surface area contributed by atoms with Crippen LogP contribution in [0.3, 0.4) is 0 Å². The highest BCUT2D eigenvalue weighted by Crippen LogP contribution is 2.27. The number of halogens is 1. The average Bonchev–Trinajstić information content (AvgIpc) is 3.05. The molecule has 0 saturated heterocycles. The number of aromatic nitrogens is 3. The van der Waals surface area contributed by atoms with E-state index in [1.165, 1.54) is 0 Å². The molecule has 29 heavy (non-hydrogen) atoms. The number of nitrogens with zero attached hydrogens (tertiary/aromatic N) is 4. The number of nitrogens with one attached hydrogen (secondary N) is 1. The summed E-state index contributed by atoms with van der Waals surface area (Å²) in [5, 5.41) is 10.9. The molecular weight excluding hydrogens is 442 g/mol. The third-order valence-corrected chi connectivity index (χ3v) is 4.84. The van der Waals surface area contributed by atoms with Crippen LogP contribution in [-0.4, -0.2) is 50.5 Å². The molecule has 0 aliphatic carbocycles. The van der Waals surface area contributed by atoms with Gasteiger partial charge < -0.3 is 19.4 Å². The van der Waals surface area contributed by atoms with Gasteiger partial charge in [-0.15, -0.1) is 10.2 Å². The molecule has 1 aromatic carbocycles. The van der Waals surface area contributed by atoms with E-state index >= 15 is 0 Å². The van der Waals surface area contributed by atoms with Gasteiger partial charge in [0.05, 0.1) is 0 Å². The second-order valence-electron chi connectivity index (χ2n) is 7.61. The van der Waals surface area contributed by atoms with Gasteiger partial charge in [0.15, 0.2) is 10.6 Å². The Bertz CT molecular complexity index is 865. The van der Waals surface area contributed by atoms with Crippen LogP contribution in [0.1, 0.15) is 38.2 Å². The lowest BCUT2D eigenvalue weighted by Gasteiger charge is -2.35. The molecule has 1 aromatic heterocycles. The summed E-state index contributed by atoms with van der Waals surface area (Å²) in [6.07, 6.45) is -1.04. The van der Waals surface area contributed by atoms with E-state index in [9.17, 15) is 9.59 Å². The van der Waals surface area contributed by atoms with Crippen LogP contribution in [0.2, 0.25) is 0 Å². The zero-order valence-corrected chi connectivity index (χ0v) is 18.2. The molecule has 2 amide bonds. The molecule has 1 atom stereocenters. The lowest BCUT2D eigenvalue weighted by Crippen LogP contribution is -2.47. The van der Waals surface area contributed by atoms with E-state index in [4.69, 9.17) is 9.47 Å². The highest BCUT2D eigenvalue weighted by molar-refractivity contribution is 9.10. The number of carbonyl (C=O) groups excluding carboxylic acids is 2. The lowest BCUT2D eigenvalue weighted by atomic mass is 10.2. The van der Waals surface area contributed by atoms with Gasteiger partial charge >= 0.3 is 12.2 Å². The first-order chi connectivity index (χ1) is 13.7. The molecule has 1 aliphatic rings. The topological polar surface area (TPSA) is 98.6 Å². The molecule has 0 fully saturated rings. The number of fused-ring (bicyclic) bond motifs is 1. The number of carbonyl (C=O) groups is 2. The number of ether oxygens (including phenoxy) is 2. The first kappa shape index (κ1) is 21.1. The van der Waals surface area contributed by atoms with Crippen molar-refractivity contribution < 1.29 is 19.1 Å². The summed E-state index contributed by atoms with van der Waals surface area (Å²) in [7, 11) is 0. The number of amides is 2. The van der Waals surface area contributed by atoms with Crippen molar-refractivity contribution in [2.75, 3.05) is 13.1 Å². The molecule has 3 rings (SSSR count). The summed E-state index contributed by atoms with van der Waals surface area (Å²) in [5.74, 6) is 0.566. The Morgan fingerprint density at radius 3 is 2.62 bits per heavy atom. The van der Waals surface area contributed by atoms with Crippen LogP contribution >= 0.6 is 15.9 Å². The maximum atomic E-state index is 12.8. The monoisotopic (exact) mass is 465 g/mol. The second kappa shape index (κ2) is 8.81. The van der Waals surface area contributed by atoms with E-state index < -0.39 is 23.8 Å². The van der Waals surface area contributed by atoms with Gasteiger partial charge in [-0.25, -0.2) is 9.59 Å². The lowest BCUT2D eigenvalue weighted by molar-refractivity contribution is 0.0460. The Labute approximate surface area is 177 Å². The Kier molecular flexibility index (Phi) is 6.41. The van der Waals surface area contributed by atoms with Crippen molar-refractivity contribution >= 4 is 28.1 Å². The molecule has 1 aliphatic heterocycles. The van der Waals surface area contributed by atoms with Gasteiger partial charge in [-0.2, -0.15) is 0 Å². The first-order valence-corrected chi connectivity index (χ1v) is 10.1. The summed E-state index contributed by atoms with van der Waals surface area (Å²) >= 11 is 3.36. The molecule has 156 valence electrons. The maximum Gasteiger partial charge on any atom is 0.410 e. The van der Waals surface area contributed by atoms with Gasteiger partial charge in [0.25, 0.3) is 0 Å². The quantitative estimate of drug-likeness (QED) is 0.743. The number of benzene rings is 1. The van der Waals surface area contributed by atoms with Crippen LogP contribution in [-0.2, 0) is 22.6 Å². The zero-order valence-electron chi connectivity index (χ0n) is 16.6. The number of rotatable bonds is 4. The largest absolute Gasteiger partial charge is 0.445 e. The van der Waals surface area contributed by atoms with Crippen molar-refractivity contribution in [3.8, 4) is 0 Å². The van der Waals surface area contributed by atoms with Gasteiger partial charge in [0.2, 0.25) is 0 Å². The molecule has 2 heterocycles. The molecule has 1 unspecified atom stereocenters. The first-order valence-electron chi connectivity index (χ1n) is 9.27. The fourth-order valence-corrected chi connectivity index (χ4v) is 3.41. The van der Waals surface area contributed by atoms with Crippen LogP contribution in [0.25, 0.3) is 0 Å². The Morgan fingerprint density at radius 1 is 1.21 bits per heavy atom. The maximum absolute atomic E-state index is 12.8. The molecule has 1 N–H and O–H groups in total. The summed E-state index contributed by atoms with van der Waals surface area (Å²) < 4.78 is 13.2. The van der Waals surface area contributed by atoms with Crippen molar-refractivity contribution in [3.63, 3.8) is 0 Å². The summed E-state index contributed by atoms with van der Waals surface area (Å²) in [6.45, 7) is 6.57. The van der Waals surface area contributed by atoms with Crippen molar-refractivity contribution in [3.05, 3.63) is 46.5 Å². The highest BCUT2D eigenvalue weighted by Gasteiger charge is 2.35. The molecule has 0 saturated carbocycles. The summed E-state index contributed by atoms with van der Waals surface area (Å²) in [6, 6.07) is 8.92. The van der Waals surface area contributed by atoms with Crippen molar-refractivity contribution in [2.24, 2.45) is 0 Å². The molecule has 0 spiro atoms. The van der Waals surface area contributed by atoms with E-state index in [0.717, 1.165) is 5.56 Å². The minimum atomic E-state index is -0.617. The van der Waals surface area contributed by atoms with E-state index in [2.05, 4.69) is 31.4 Å². The van der Waals surface area contributed by atoms with Gasteiger partial charge in [-0.3, -0.25) is 4.90 Å². The predicted molar refractivity (Wildman–Crippen MR) is 108 cm³/mol. The predicted octanol–water partition coefficient (Wildman–Crippen LogP) is 3.26. The van der Waals surface area contributed by atoms with E-state index in [1.54, 1.807) is 25.7 Å². The summed E-state index contributed by atoms with van der Waals surface area (Å²) in [5.41, 5.74) is 0.278. The molecule has 2 aromatic rings. The highest BCUT2D eigenvalue weighted by atomic mass is 79.9. The van der Waals surface area contributed by atoms with E-state index in [-0.39, 0.29) is 13.2 Å². The summed E-state index contributed by atoms with van der Waals surface area (Å²) in [4.78, 5) is 26.4. The van der Waals surface area contributed by atoms with Gasteiger partial charge in [-0.1, -0.05) is 30.3 Å². The number of hydrogen-bond donors (Lipinski definition) is 1. The fraction of sp³-hybridized carbons (Fsp3) is 0.474. The smallest absolute Gasteiger partial charge is 0.410 e. The standard InChI is InChI=1S/C19H24BrN5O4/c1-19(2,3)29-17(26)21-11-14-15-22-23-16(20)25(15)10-9-24(14)18(27)28-12-13-7-5-4-6-8-13/h4-8,14H,9-12H2,1-3H3,(H,21,26). The normalized spacial score (nSPS) is 16.1. The third-order valence-electron chi connectivity index (χ3n) is 4.25. The van der Waals surface area contributed by atoms with Crippen LogP contribution in [0.5, 0.6) is 0 Å². The molecular formula is C19H24BrN5O4. The van der Waals surface area contributed by atoms with Crippen molar-refractivity contribution in [1.82, 2.24) is 25.0 Å². The van der Waals surface area contributed by atoms with Gasteiger partial charge in [0, 0.05) is 19.6 Å². The van der Waals surface area contributed by atoms with Crippen molar-refractivity contribution in [2.45, 2.75) is 45.6 Å². The minimum Gasteiger partial charge on any atom is -0.445 e. The molecule has 0 bridgehead atoms. The molecule has 0 radical (unpaired) electrons. The fourth-order valence-electron chi connectivity index (χ4n) is 2.97. The number of alkyl carbamates (subject to hydrolysis) is 1.